The Bertz CT molecular complexity index is 597. The molecule has 0 saturated heterocycles. The van der Waals surface area contributed by atoms with Crippen molar-refractivity contribution in [2.24, 2.45) is 0 Å². The number of rotatable bonds is 6. The van der Waals surface area contributed by atoms with Gasteiger partial charge in [0.05, 0.1) is 0 Å². The van der Waals surface area contributed by atoms with Gasteiger partial charge in [-0.3, -0.25) is 6.08 Å². The van der Waals surface area contributed by atoms with Crippen LogP contribution in [0.5, 0.6) is 0 Å². The fourth-order valence-corrected chi connectivity index (χ4v) is 4.06. The second-order valence-electron chi connectivity index (χ2n) is 6.05. The largest absolute Gasteiger partial charge is 1.00 e. The molecule has 3 rings (SSSR count). The van der Waals surface area contributed by atoms with Crippen LogP contribution in [0.1, 0.15) is 46.0 Å². The third-order valence-electron chi connectivity index (χ3n) is 4.00. The Morgan fingerprint density at radius 1 is 0.778 bits per heavy atom. The maximum absolute atomic E-state index is 3.42. The minimum atomic E-state index is 0. The zero-order valence-corrected chi connectivity index (χ0v) is 22.5. The van der Waals surface area contributed by atoms with Gasteiger partial charge in [0.15, 0.2) is 0 Å². The van der Waals surface area contributed by atoms with Gasteiger partial charge >= 0.3 is 0 Å². The monoisotopic (exact) mass is 582 g/mol. The minimum Gasteiger partial charge on any atom is -1.00 e. The van der Waals surface area contributed by atoms with E-state index >= 15 is 0 Å². The first-order valence-corrected chi connectivity index (χ1v) is 10.2. The molecule has 27 heavy (non-hydrogen) atoms. The zero-order valence-electron chi connectivity index (χ0n) is 16.2. The van der Waals surface area contributed by atoms with Crippen LogP contribution >= 0.6 is 0 Å². The summed E-state index contributed by atoms with van der Waals surface area (Å²) in [5.74, 6) is 0. The Hall–Kier alpha value is -0.413. The predicted molar refractivity (Wildman–Crippen MR) is 109 cm³/mol. The smallest absolute Gasteiger partial charge is 0.103 e. The minimum absolute atomic E-state index is 0. The second kappa shape index (κ2) is 17.7. The third-order valence-corrected chi connectivity index (χ3v) is 5.44. The van der Waals surface area contributed by atoms with E-state index in [0.717, 1.165) is 6.42 Å². The SMILES string of the molecule is CCCC1=[C-]CC=C1CCC.[Cl-].[Cl-].[Hf].c1ccc([SiH]c2ccccc2)cc1. The van der Waals surface area contributed by atoms with Crippen molar-refractivity contribution in [2.45, 2.75) is 46.0 Å². The topological polar surface area (TPSA) is 0 Å². The molecule has 1 aliphatic carbocycles. The Morgan fingerprint density at radius 2 is 1.26 bits per heavy atom. The molecule has 0 aromatic heterocycles. The summed E-state index contributed by atoms with van der Waals surface area (Å²) in [4.78, 5) is 0. The van der Waals surface area contributed by atoms with Crippen LogP contribution in [0.15, 0.2) is 77.9 Å². The van der Waals surface area contributed by atoms with Crippen molar-refractivity contribution < 1.29 is 50.7 Å². The summed E-state index contributed by atoms with van der Waals surface area (Å²) >= 11 is 0. The Labute approximate surface area is 199 Å². The van der Waals surface area contributed by atoms with Gasteiger partial charge in [-0.25, -0.2) is 5.57 Å². The van der Waals surface area contributed by atoms with Gasteiger partial charge in [-0.2, -0.15) is 11.6 Å². The van der Waals surface area contributed by atoms with Crippen LogP contribution in [-0.2, 0) is 25.8 Å². The first-order valence-electron chi connectivity index (χ1n) is 9.07. The van der Waals surface area contributed by atoms with E-state index < -0.39 is 0 Å². The van der Waals surface area contributed by atoms with Crippen LogP contribution in [0.4, 0.5) is 0 Å². The molecule has 0 unspecified atom stereocenters. The average Bonchev–Trinajstić information content (AvgIpc) is 3.05. The van der Waals surface area contributed by atoms with E-state index in [1.54, 1.807) is 5.57 Å². The molecule has 0 N–H and O–H groups in total. The molecule has 0 heterocycles. The van der Waals surface area contributed by atoms with Crippen molar-refractivity contribution in [3.8, 4) is 0 Å². The van der Waals surface area contributed by atoms with Gasteiger partial charge in [0.25, 0.3) is 0 Å². The van der Waals surface area contributed by atoms with Crippen molar-refractivity contribution in [1.82, 2.24) is 0 Å². The van der Waals surface area contributed by atoms with Crippen LogP contribution in [0.3, 0.4) is 0 Å². The molecule has 0 spiro atoms. The molecule has 1 radical (unpaired) electrons. The summed E-state index contributed by atoms with van der Waals surface area (Å²) < 4.78 is 0. The van der Waals surface area contributed by atoms with Gasteiger partial charge in [0.1, 0.15) is 9.52 Å². The van der Waals surface area contributed by atoms with Gasteiger partial charge in [-0.15, -0.1) is 6.42 Å². The maximum atomic E-state index is 3.42. The van der Waals surface area contributed by atoms with Crippen LogP contribution in [0.25, 0.3) is 0 Å². The Balaban J connectivity index is 0. The molecule has 0 bridgehead atoms. The van der Waals surface area contributed by atoms with Crippen LogP contribution in [-0.4, -0.2) is 9.52 Å². The van der Waals surface area contributed by atoms with Gasteiger partial charge in [0, 0.05) is 25.8 Å². The fraction of sp³-hybridized carbons (Fsp3) is 0.304. The first-order chi connectivity index (χ1) is 11.8. The number of hydrogen-bond acceptors (Lipinski definition) is 0. The molecule has 0 nitrogen and oxygen atoms in total. The Kier molecular flexibility index (Phi) is 18.8. The predicted octanol–water partition coefficient (Wildman–Crippen LogP) is -1.27. The molecule has 145 valence electrons. The van der Waals surface area contributed by atoms with E-state index in [2.05, 4.69) is 86.7 Å². The van der Waals surface area contributed by atoms with Gasteiger partial charge in [0.2, 0.25) is 0 Å². The van der Waals surface area contributed by atoms with Crippen LogP contribution < -0.4 is 35.2 Å². The number of hydrogen-bond donors (Lipinski definition) is 0. The molecule has 0 saturated carbocycles. The summed E-state index contributed by atoms with van der Waals surface area (Å²) in [5.41, 5.74) is 3.06. The van der Waals surface area contributed by atoms with Crippen LogP contribution in [0, 0.1) is 6.08 Å². The molecule has 2 aromatic carbocycles. The van der Waals surface area contributed by atoms with E-state index in [1.807, 2.05) is 0 Å². The van der Waals surface area contributed by atoms with E-state index in [4.69, 9.17) is 0 Å². The average molecular weight is 582 g/mol. The van der Waals surface area contributed by atoms with Gasteiger partial charge < -0.3 is 24.8 Å². The summed E-state index contributed by atoms with van der Waals surface area (Å²) in [5, 5.41) is 2.90. The molecule has 2 aromatic rings. The van der Waals surface area contributed by atoms with E-state index in [1.165, 1.54) is 41.6 Å². The van der Waals surface area contributed by atoms with E-state index in [-0.39, 0.29) is 60.2 Å². The van der Waals surface area contributed by atoms with Crippen molar-refractivity contribution in [3.63, 3.8) is 0 Å². The molecule has 1 aliphatic rings. The molecule has 0 aliphatic heterocycles. The molecule has 4 heteroatoms. The molecule has 0 fully saturated rings. The second-order valence-corrected chi connectivity index (χ2v) is 7.68. The van der Waals surface area contributed by atoms with Crippen molar-refractivity contribution in [1.29, 1.82) is 0 Å². The third kappa shape index (κ3) is 11.2. The van der Waals surface area contributed by atoms with Crippen LogP contribution in [0.2, 0.25) is 0 Å². The number of halogens is 2. The molecular formula is C23H28Cl2HfSi-3. The number of benzene rings is 2. The molecular weight excluding hydrogens is 554 g/mol. The van der Waals surface area contributed by atoms with E-state index in [9.17, 15) is 0 Å². The van der Waals surface area contributed by atoms with Crippen molar-refractivity contribution in [3.05, 3.63) is 84.0 Å². The summed E-state index contributed by atoms with van der Waals surface area (Å²) in [7, 11) is 0.271. The van der Waals surface area contributed by atoms with Gasteiger partial charge in [-0.1, -0.05) is 111 Å². The Morgan fingerprint density at radius 3 is 1.70 bits per heavy atom. The zero-order chi connectivity index (χ0) is 17.0. The first kappa shape index (κ1) is 28.8. The summed E-state index contributed by atoms with van der Waals surface area (Å²) in [6.45, 7) is 4.47. The molecule has 0 atom stereocenters. The number of allylic oxidation sites excluding steroid dienone is 4. The van der Waals surface area contributed by atoms with Gasteiger partial charge in [-0.05, 0) is 0 Å². The standard InChI is InChI=1S/C12H11Si.C11H17.2ClH.Hf/c1-3-7-11(8-4-1)13-12-9-5-2-6-10-12;1-3-6-10-8-5-9-11(10)7-4-2;;;/h1-10,13H;8H,3-7H2,1-2H3;2*1H;/q;-1;;;/p-2. The van der Waals surface area contributed by atoms with Crippen molar-refractivity contribution >= 4 is 19.9 Å². The maximum Gasteiger partial charge on any atom is 0.103 e. The normalized spacial score (nSPS) is 11.5. The van der Waals surface area contributed by atoms with E-state index in [0.29, 0.717) is 0 Å². The summed E-state index contributed by atoms with van der Waals surface area (Å²) in [6, 6.07) is 21.3. The molecule has 0 amide bonds. The fourth-order valence-electron chi connectivity index (χ4n) is 2.85. The quantitative estimate of drug-likeness (QED) is 0.295. The summed E-state index contributed by atoms with van der Waals surface area (Å²) in [6.07, 6.45) is 11.8. The van der Waals surface area contributed by atoms with Crippen molar-refractivity contribution in [2.75, 3.05) is 0 Å².